The Balaban J connectivity index is 1.79. The summed E-state index contributed by atoms with van der Waals surface area (Å²) in [7, 11) is 0. The molecule has 2 nitrogen and oxygen atoms in total. The van der Waals surface area contributed by atoms with Gasteiger partial charge in [-0.2, -0.15) is 13.2 Å². The lowest BCUT2D eigenvalue weighted by Crippen LogP contribution is -2.36. The third-order valence-electron chi connectivity index (χ3n) is 8.66. The number of nitrogens with zero attached hydrogens (tertiary/aromatic N) is 1. The van der Waals surface area contributed by atoms with Crippen molar-refractivity contribution in [2.75, 3.05) is 0 Å². The fourth-order valence-electron chi connectivity index (χ4n) is 6.11. The monoisotopic (exact) mass is 529 g/mol. The van der Waals surface area contributed by atoms with Crippen molar-refractivity contribution >= 4 is 0 Å². The van der Waals surface area contributed by atoms with Crippen molar-refractivity contribution in [3.63, 3.8) is 0 Å². The second-order valence-corrected chi connectivity index (χ2v) is 11.5. The van der Waals surface area contributed by atoms with Gasteiger partial charge in [-0.05, 0) is 71.6 Å². The van der Waals surface area contributed by atoms with E-state index in [1.165, 1.54) is 24.3 Å². The number of rotatable bonds is 4. The minimum Gasteiger partial charge on any atom is -0.388 e. The minimum atomic E-state index is -4.53. The molecular formula is C31H32F5NO. The number of hydrogen-bond acceptors (Lipinski definition) is 2. The number of benzene rings is 2. The van der Waals surface area contributed by atoms with Crippen molar-refractivity contribution in [2.45, 2.75) is 77.2 Å². The smallest absolute Gasteiger partial charge is 0.388 e. The molecule has 0 amide bonds. The minimum absolute atomic E-state index is 0.00167. The van der Waals surface area contributed by atoms with Crippen LogP contribution in [-0.2, 0) is 12.6 Å². The molecule has 1 aromatic heterocycles. The van der Waals surface area contributed by atoms with Crippen molar-refractivity contribution in [3.05, 3.63) is 88.0 Å². The molecule has 7 heteroatoms. The Kier molecular flexibility index (Phi) is 6.87. The number of pyridine rings is 1. The van der Waals surface area contributed by atoms with Crippen LogP contribution in [-0.4, -0.2) is 10.1 Å². The van der Waals surface area contributed by atoms with Crippen LogP contribution < -0.4 is 0 Å². The van der Waals surface area contributed by atoms with E-state index in [4.69, 9.17) is 4.98 Å². The molecule has 2 aliphatic carbocycles. The van der Waals surface area contributed by atoms with Crippen LogP contribution in [0.3, 0.4) is 0 Å². The average Bonchev–Trinajstić information content (AvgIpc) is 3.41. The summed E-state index contributed by atoms with van der Waals surface area (Å²) in [4.78, 5) is 5.03. The van der Waals surface area contributed by atoms with Gasteiger partial charge < -0.3 is 5.11 Å². The van der Waals surface area contributed by atoms with Crippen LogP contribution in [0.25, 0.3) is 11.1 Å². The van der Waals surface area contributed by atoms with Crippen molar-refractivity contribution in [3.8, 4) is 11.1 Å². The first-order valence-corrected chi connectivity index (χ1v) is 13.2. The maximum Gasteiger partial charge on any atom is 0.416 e. The highest BCUT2D eigenvalue weighted by Crippen LogP contribution is 2.52. The summed E-state index contributed by atoms with van der Waals surface area (Å²) in [6, 6.07) is 9.86. The maximum atomic E-state index is 16.7. The molecule has 3 unspecified atom stereocenters. The van der Waals surface area contributed by atoms with Gasteiger partial charge in [0.25, 0.3) is 0 Å². The molecule has 2 aromatic carbocycles. The number of hydrogen-bond donors (Lipinski definition) is 1. The van der Waals surface area contributed by atoms with E-state index < -0.39 is 29.8 Å². The number of aliphatic hydroxyl groups excluding tert-OH is 1. The van der Waals surface area contributed by atoms with Gasteiger partial charge in [0.2, 0.25) is 0 Å². The van der Waals surface area contributed by atoms with E-state index in [1.54, 1.807) is 12.1 Å². The molecule has 0 saturated heterocycles. The highest BCUT2D eigenvalue weighted by molar-refractivity contribution is 5.75. The Hall–Kier alpha value is -2.80. The number of aromatic nitrogens is 1. The van der Waals surface area contributed by atoms with Gasteiger partial charge in [-0.3, -0.25) is 4.98 Å². The average molecular weight is 530 g/mol. The zero-order valence-corrected chi connectivity index (χ0v) is 21.7. The Morgan fingerprint density at radius 3 is 2.16 bits per heavy atom. The van der Waals surface area contributed by atoms with Crippen LogP contribution in [0.5, 0.6) is 0 Å². The molecule has 0 aliphatic heterocycles. The van der Waals surface area contributed by atoms with Gasteiger partial charge in [-0.1, -0.05) is 57.9 Å². The largest absolute Gasteiger partial charge is 0.416 e. The molecule has 3 aromatic rings. The first-order chi connectivity index (χ1) is 17.9. The molecular weight excluding hydrogens is 497 g/mol. The second kappa shape index (κ2) is 9.74. The third-order valence-corrected chi connectivity index (χ3v) is 8.66. The molecule has 5 rings (SSSR count). The summed E-state index contributed by atoms with van der Waals surface area (Å²) < 4.78 is 70.2. The number of halogens is 5. The van der Waals surface area contributed by atoms with Crippen LogP contribution in [0.1, 0.15) is 98.3 Å². The lowest BCUT2D eigenvalue weighted by Gasteiger charge is -2.42. The number of fused-ring (bicyclic) bond motifs is 1. The zero-order valence-electron chi connectivity index (χ0n) is 21.7. The third kappa shape index (κ3) is 4.74. The quantitative estimate of drug-likeness (QED) is 0.343. The number of aliphatic hydroxyl groups is 1. The summed E-state index contributed by atoms with van der Waals surface area (Å²) in [5.74, 6) is -0.601. The molecule has 3 atom stereocenters. The van der Waals surface area contributed by atoms with Crippen LogP contribution >= 0.6 is 0 Å². The molecule has 0 radical (unpaired) electrons. The van der Waals surface area contributed by atoms with Gasteiger partial charge >= 0.3 is 6.18 Å². The summed E-state index contributed by atoms with van der Waals surface area (Å²) in [6.07, 6.45) is -3.01. The van der Waals surface area contributed by atoms with Crippen molar-refractivity contribution < 1.29 is 27.1 Å². The van der Waals surface area contributed by atoms with Gasteiger partial charge in [0.1, 0.15) is 5.82 Å². The van der Waals surface area contributed by atoms with Gasteiger partial charge in [0.15, 0.2) is 6.17 Å². The van der Waals surface area contributed by atoms with Crippen molar-refractivity contribution in [1.29, 1.82) is 0 Å². The maximum absolute atomic E-state index is 16.7. The molecule has 38 heavy (non-hydrogen) atoms. The van der Waals surface area contributed by atoms with E-state index >= 15 is 4.39 Å². The van der Waals surface area contributed by atoms with E-state index in [1.807, 2.05) is 6.92 Å². The van der Waals surface area contributed by atoms with E-state index in [9.17, 15) is 22.7 Å². The Morgan fingerprint density at radius 1 is 0.974 bits per heavy atom. The van der Waals surface area contributed by atoms with E-state index in [0.717, 1.165) is 37.8 Å². The zero-order chi connectivity index (χ0) is 27.4. The topological polar surface area (TPSA) is 33.1 Å². The molecule has 2 aliphatic rings. The predicted molar refractivity (Wildman–Crippen MR) is 137 cm³/mol. The highest BCUT2D eigenvalue weighted by Gasteiger charge is 2.43. The lowest BCUT2D eigenvalue weighted by atomic mass is 9.65. The van der Waals surface area contributed by atoms with Gasteiger partial charge in [0.05, 0.1) is 17.4 Å². The fraction of sp³-hybridized carbons (Fsp3) is 0.452. The first-order valence-electron chi connectivity index (χ1n) is 13.2. The van der Waals surface area contributed by atoms with Crippen LogP contribution in [0.4, 0.5) is 22.0 Å². The molecule has 1 N–H and O–H groups in total. The normalized spacial score (nSPS) is 22.3. The second-order valence-electron chi connectivity index (χ2n) is 11.5. The number of alkyl halides is 4. The first kappa shape index (κ1) is 26.8. The van der Waals surface area contributed by atoms with Gasteiger partial charge in [0, 0.05) is 22.7 Å². The molecule has 1 heterocycles. The van der Waals surface area contributed by atoms with Crippen LogP contribution in [0.15, 0.2) is 48.5 Å². The van der Waals surface area contributed by atoms with E-state index in [2.05, 4.69) is 13.8 Å². The highest BCUT2D eigenvalue weighted by atomic mass is 19.4. The molecule has 202 valence electrons. The molecule has 1 fully saturated rings. The SMILES string of the molecule is CC1C(O)c2c(nc(C3CCCC3)c(C(F)c3ccc(C(F)(F)F)cc3)c2-c2ccc(F)cc2)CC1(C)C. The lowest BCUT2D eigenvalue weighted by molar-refractivity contribution is -0.137. The summed E-state index contributed by atoms with van der Waals surface area (Å²) in [6.45, 7) is 6.11. The summed E-state index contributed by atoms with van der Waals surface area (Å²) >= 11 is 0. The Labute approximate surface area is 219 Å². The Bertz CT molecular complexity index is 1310. The molecule has 0 spiro atoms. The van der Waals surface area contributed by atoms with Crippen LogP contribution in [0.2, 0.25) is 0 Å². The standard InChI is InChI=1S/C31H32F5NO/c1-17-29(38)25-23(16-30(17,2)3)37-28(20-6-4-5-7-20)26(24(25)18-10-14-22(32)15-11-18)27(33)19-8-12-21(13-9-19)31(34,35)36/h8-15,17,20,27,29,38H,4-7,16H2,1-3H3. The molecule has 1 saturated carbocycles. The van der Waals surface area contributed by atoms with Gasteiger partial charge in [-0.15, -0.1) is 0 Å². The summed E-state index contributed by atoms with van der Waals surface area (Å²) in [5.41, 5.74) is 2.15. The predicted octanol–water partition coefficient (Wildman–Crippen LogP) is 8.87. The van der Waals surface area contributed by atoms with E-state index in [0.29, 0.717) is 34.5 Å². The van der Waals surface area contributed by atoms with E-state index in [-0.39, 0.29) is 28.4 Å². The summed E-state index contributed by atoms with van der Waals surface area (Å²) in [5, 5.41) is 11.6. The van der Waals surface area contributed by atoms with Crippen molar-refractivity contribution in [1.82, 2.24) is 4.98 Å². The fourth-order valence-corrected chi connectivity index (χ4v) is 6.11. The van der Waals surface area contributed by atoms with Crippen LogP contribution in [0, 0.1) is 17.2 Å². The van der Waals surface area contributed by atoms with Gasteiger partial charge in [-0.25, -0.2) is 8.78 Å². The van der Waals surface area contributed by atoms with Crippen molar-refractivity contribution in [2.24, 2.45) is 11.3 Å². The Morgan fingerprint density at radius 2 is 1.58 bits per heavy atom. The molecule has 0 bridgehead atoms.